The average molecular weight is 180 g/mol. The van der Waals surface area contributed by atoms with Gasteiger partial charge in [-0.05, 0) is 37.7 Å². The molecule has 2 atom stereocenters. The van der Waals surface area contributed by atoms with Crippen molar-refractivity contribution in [2.75, 3.05) is 6.61 Å². The van der Waals surface area contributed by atoms with Crippen LogP contribution in [0, 0.1) is 11.8 Å². The number of hydrogen-bond donors (Lipinski definition) is 1. The minimum absolute atomic E-state index is 0.0269. The third kappa shape index (κ3) is 1.68. The van der Waals surface area contributed by atoms with Gasteiger partial charge < -0.3 is 5.11 Å². The molecule has 0 bridgehead atoms. The Labute approximate surface area is 78.6 Å². The molecular weight excluding hydrogens is 164 g/mol. The molecule has 0 aromatic rings. The summed E-state index contributed by atoms with van der Waals surface area (Å²) in [5, 5.41) is 9.00. The Morgan fingerprint density at radius 3 is 3.08 bits per heavy atom. The zero-order chi connectivity index (χ0) is 9.26. The van der Waals surface area contributed by atoms with Crippen molar-refractivity contribution in [2.24, 2.45) is 11.8 Å². The first-order valence-corrected chi connectivity index (χ1v) is 5.16. The quantitative estimate of drug-likeness (QED) is 0.666. The Bertz CT molecular complexity index is 242. The lowest BCUT2D eigenvalue weighted by atomic mass is 9.73. The molecule has 0 amide bonds. The number of hydrogen-bond acceptors (Lipinski definition) is 2. The lowest BCUT2D eigenvalue weighted by Crippen LogP contribution is -2.28. The maximum absolute atomic E-state index is 11.4. The molecule has 2 nitrogen and oxygen atoms in total. The SMILES string of the molecule is O=C1C=C2CCCCC2CC1CO. The van der Waals surface area contributed by atoms with Gasteiger partial charge in [0.05, 0.1) is 6.61 Å². The van der Waals surface area contributed by atoms with Crippen molar-refractivity contribution in [1.82, 2.24) is 0 Å². The second-order valence-corrected chi connectivity index (χ2v) is 4.18. The summed E-state index contributed by atoms with van der Waals surface area (Å²) < 4.78 is 0. The molecule has 13 heavy (non-hydrogen) atoms. The van der Waals surface area contributed by atoms with E-state index in [1.807, 2.05) is 0 Å². The van der Waals surface area contributed by atoms with Crippen LogP contribution in [0.2, 0.25) is 0 Å². The highest BCUT2D eigenvalue weighted by atomic mass is 16.3. The Hall–Kier alpha value is -0.630. The molecule has 1 N–H and O–H groups in total. The van der Waals surface area contributed by atoms with Crippen LogP contribution in [0.3, 0.4) is 0 Å². The molecule has 1 saturated carbocycles. The van der Waals surface area contributed by atoms with Gasteiger partial charge in [0, 0.05) is 5.92 Å². The van der Waals surface area contributed by atoms with E-state index in [1.165, 1.54) is 24.8 Å². The number of carbonyl (C=O) groups is 1. The second-order valence-electron chi connectivity index (χ2n) is 4.18. The molecule has 0 aromatic heterocycles. The molecule has 2 heteroatoms. The molecule has 0 aromatic carbocycles. The van der Waals surface area contributed by atoms with Gasteiger partial charge in [0.1, 0.15) is 0 Å². The van der Waals surface area contributed by atoms with E-state index in [1.54, 1.807) is 6.08 Å². The first-order valence-electron chi connectivity index (χ1n) is 5.16. The predicted octanol–water partition coefficient (Wildman–Crippen LogP) is 1.68. The van der Waals surface area contributed by atoms with Crippen molar-refractivity contribution in [3.63, 3.8) is 0 Å². The van der Waals surface area contributed by atoms with Crippen molar-refractivity contribution in [1.29, 1.82) is 0 Å². The van der Waals surface area contributed by atoms with Crippen LogP contribution < -0.4 is 0 Å². The molecule has 72 valence electrons. The highest BCUT2D eigenvalue weighted by Crippen LogP contribution is 2.37. The summed E-state index contributed by atoms with van der Waals surface area (Å²) in [6.07, 6.45) is 7.54. The zero-order valence-electron chi connectivity index (χ0n) is 7.83. The first kappa shape index (κ1) is 8.95. The van der Waals surface area contributed by atoms with E-state index in [9.17, 15) is 4.79 Å². The molecule has 0 saturated heterocycles. The van der Waals surface area contributed by atoms with Gasteiger partial charge in [0.15, 0.2) is 5.78 Å². The average Bonchev–Trinajstić information content (AvgIpc) is 2.17. The van der Waals surface area contributed by atoms with Crippen LogP contribution in [0.15, 0.2) is 11.6 Å². The third-order valence-corrected chi connectivity index (χ3v) is 3.31. The number of aliphatic hydroxyl groups is 1. The fraction of sp³-hybridized carbons (Fsp3) is 0.727. The summed E-state index contributed by atoms with van der Waals surface area (Å²) in [5.41, 5.74) is 1.35. The number of carbonyl (C=O) groups excluding carboxylic acids is 1. The van der Waals surface area contributed by atoms with Crippen molar-refractivity contribution >= 4 is 5.78 Å². The monoisotopic (exact) mass is 180 g/mol. The predicted molar refractivity (Wildman–Crippen MR) is 50.2 cm³/mol. The number of fused-ring (bicyclic) bond motifs is 1. The summed E-state index contributed by atoms with van der Waals surface area (Å²) in [7, 11) is 0. The molecule has 1 fully saturated rings. The first-order chi connectivity index (χ1) is 6.31. The van der Waals surface area contributed by atoms with E-state index in [0.29, 0.717) is 5.92 Å². The molecular formula is C11H16O2. The van der Waals surface area contributed by atoms with Gasteiger partial charge in [-0.1, -0.05) is 12.0 Å². The third-order valence-electron chi connectivity index (χ3n) is 3.31. The summed E-state index contributed by atoms with van der Waals surface area (Å²) in [4.78, 5) is 11.4. The van der Waals surface area contributed by atoms with Crippen LogP contribution in [0.5, 0.6) is 0 Å². The molecule has 2 aliphatic carbocycles. The van der Waals surface area contributed by atoms with Gasteiger partial charge in [0.2, 0.25) is 0 Å². The summed E-state index contributed by atoms with van der Waals surface area (Å²) in [6.45, 7) is 0.0269. The van der Waals surface area contributed by atoms with E-state index in [-0.39, 0.29) is 18.3 Å². The minimum Gasteiger partial charge on any atom is -0.396 e. The van der Waals surface area contributed by atoms with Gasteiger partial charge in [-0.25, -0.2) is 0 Å². The van der Waals surface area contributed by atoms with Gasteiger partial charge in [-0.2, -0.15) is 0 Å². The van der Waals surface area contributed by atoms with E-state index >= 15 is 0 Å². The van der Waals surface area contributed by atoms with Crippen LogP contribution in [0.4, 0.5) is 0 Å². The lowest BCUT2D eigenvalue weighted by Gasteiger charge is -2.31. The van der Waals surface area contributed by atoms with E-state index in [0.717, 1.165) is 12.8 Å². The topological polar surface area (TPSA) is 37.3 Å². The summed E-state index contributed by atoms with van der Waals surface area (Å²) in [5.74, 6) is 0.645. The molecule has 2 unspecified atom stereocenters. The van der Waals surface area contributed by atoms with Crippen LogP contribution in [0.25, 0.3) is 0 Å². The standard InChI is InChI=1S/C11H16O2/c12-7-10-5-8-3-1-2-4-9(8)6-11(10)13/h6,8,10,12H,1-5,7H2. The molecule has 0 aliphatic heterocycles. The molecule has 2 aliphatic rings. The molecule has 0 radical (unpaired) electrons. The van der Waals surface area contributed by atoms with Crippen LogP contribution in [-0.2, 0) is 4.79 Å². The van der Waals surface area contributed by atoms with Crippen molar-refractivity contribution in [3.8, 4) is 0 Å². The summed E-state index contributed by atoms with van der Waals surface area (Å²) in [6, 6.07) is 0. The van der Waals surface area contributed by atoms with Crippen LogP contribution in [-0.4, -0.2) is 17.5 Å². The van der Waals surface area contributed by atoms with Crippen LogP contribution in [0.1, 0.15) is 32.1 Å². The van der Waals surface area contributed by atoms with Gasteiger partial charge in [-0.3, -0.25) is 4.79 Å². The zero-order valence-corrected chi connectivity index (χ0v) is 7.83. The van der Waals surface area contributed by atoms with Crippen molar-refractivity contribution in [3.05, 3.63) is 11.6 Å². The Morgan fingerprint density at radius 2 is 2.31 bits per heavy atom. The highest BCUT2D eigenvalue weighted by Gasteiger charge is 2.30. The number of allylic oxidation sites excluding steroid dienone is 2. The number of aliphatic hydroxyl groups excluding tert-OH is 1. The Kier molecular flexibility index (Phi) is 2.49. The van der Waals surface area contributed by atoms with Crippen molar-refractivity contribution < 1.29 is 9.90 Å². The van der Waals surface area contributed by atoms with Crippen LogP contribution >= 0.6 is 0 Å². The molecule has 2 rings (SSSR count). The summed E-state index contributed by atoms with van der Waals surface area (Å²) >= 11 is 0. The van der Waals surface area contributed by atoms with Crippen molar-refractivity contribution in [2.45, 2.75) is 32.1 Å². The Balaban J connectivity index is 2.15. The smallest absolute Gasteiger partial charge is 0.161 e. The van der Waals surface area contributed by atoms with E-state index in [2.05, 4.69) is 0 Å². The molecule has 0 heterocycles. The molecule has 0 spiro atoms. The van der Waals surface area contributed by atoms with E-state index < -0.39 is 0 Å². The van der Waals surface area contributed by atoms with Gasteiger partial charge >= 0.3 is 0 Å². The maximum atomic E-state index is 11.4. The number of rotatable bonds is 1. The Morgan fingerprint density at radius 1 is 1.46 bits per heavy atom. The lowest BCUT2D eigenvalue weighted by molar-refractivity contribution is -0.120. The fourth-order valence-corrected chi connectivity index (χ4v) is 2.49. The minimum atomic E-state index is -0.105. The fourth-order valence-electron chi connectivity index (χ4n) is 2.49. The second kappa shape index (κ2) is 3.62. The maximum Gasteiger partial charge on any atom is 0.161 e. The van der Waals surface area contributed by atoms with Gasteiger partial charge in [-0.15, -0.1) is 0 Å². The highest BCUT2D eigenvalue weighted by molar-refractivity contribution is 5.93. The van der Waals surface area contributed by atoms with E-state index in [4.69, 9.17) is 5.11 Å². The largest absolute Gasteiger partial charge is 0.396 e. The number of ketones is 1. The van der Waals surface area contributed by atoms with Gasteiger partial charge in [0.25, 0.3) is 0 Å². The normalized spacial score (nSPS) is 33.9.